The maximum atomic E-state index is 14.2. The van der Waals surface area contributed by atoms with Gasteiger partial charge in [-0.25, -0.2) is 0 Å². The largest absolute Gasteiger partial charge is 0.417 e. The lowest BCUT2D eigenvalue weighted by Crippen LogP contribution is -2.19. The molecule has 0 aliphatic rings. The van der Waals surface area contributed by atoms with Crippen LogP contribution in [0.25, 0.3) is 11.1 Å². The number of alkyl halides is 12. The summed E-state index contributed by atoms with van der Waals surface area (Å²) in [4.78, 5) is 0. The fourth-order valence-corrected chi connectivity index (χ4v) is 4.68. The van der Waals surface area contributed by atoms with E-state index in [0.29, 0.717) is 0 Å². The number of rotatable bonds is 3. The second-order valence-corrected chi connectivity index (χ2v) is 9.18. The molecule has 0 aliphatic heterocycles. The second kappa shape index (κ2) is 9.84. The van der Waals surface area contributed by atoms with Gasteiger partial charge in [0.15, 0.2) is 0 Å². The standard InChI is InChI=1S/C22H10Br2F12N2/c23-15-11(21(31,32)33)6-9(19(25,26)27)13(17(15)37)14-10(20(28,29)30)7-12(22(34,35)36)16(24)18(14)38-8-4-2-1-3-5-8/h1-7,38H,37H2. The molecule has 0 saturated heterocycles. The normalized spacial score (nSPS) is 13.1. The number of halogens is 14. The van der Waals surface area contributed by atoms with Gasteiger partial charge in [0.25, 0.3) is 0 Å². The third kappa shape index (κ3) is 5.84. The van der Waals surface area contributed by atoms with Crippen molar-refractivity contribution in [1.82, 2.24) is 0 Å². The van der Waals surface area contributed by atoms with Gasteiger partial charge in [0, 0.05) is 16.8 Å². The van der Waals surface area contributed by atoms with Crippen molar-refractivity contribution in [1.29, 1.82) is 0 Å². The van der Waals surface area contributed by atoms with Crippen LogP contribution in [0, 0.1) is 0 Å². The highest BCUT2D eigenvalue weighted by Crippen LogP contribution is 2.55. The highest BCUT2D eigenvalue weighted by Gasteiger charge is 2.47. The summed E-state index contributed by atoms with van der Waals surface area (Å²) in [6.45, 7) is 0. The van der Waals surface area contributed by atoms with Crippen LogP contribution in [0.2, 0.25) is 0 Å². The number of para-hydroxylation sites is 1. The molecule has 3 aromatic carbocycles. The van der Waals surface area contributed by atoms with E-state index < -0.39 is 90.5 Å². The SMILES string of the molecule is Nc1c(Br)c(C(F)(F)F)cc(C(F)(F)F)c1-c1c(C(F)(F)F)cc(C(F)(F)F)c(Br)c1Nc1ccccc1. The van der Waals surface area contributed by atoms with Gasteiger partial charge < -0.3 is 11.1 Å². The Labute approximate surface area is 222 Å². The molecule has 0 spiro atoms. The van der Waals surface area contributed by atoms with Crippen molar-refractivity contribution < 1.29 is 52.7 Å². The van der Waals surface area contributed by atoms with Gasteiger partial charge in [0.1, 0.15) is 0 Å². The maximum Gasteiger partial charge on any atom is 0.417 e. The number of nitrogens with one attached hydrogen (secondary N) is 1. The van der Waals surface area contributed by atoms with Crippen LogP contribution in [0.5, 0.6) is 0 Å². The molecule has 3 rings (SSSR count). The van der Waals surface area contributed by atoms with Gasteiger partial charge >= 0.3 is 24.7 Å². The predicted octanol–water partition coefficient (Wildman–Crippen LogP) is 10.3. The van der Waals surface area contributed by atoms with Gasteiger partial charge in [-0.1, -0.05) is 18.2 Å². The molecule has 0 aromatic heterocycles. The van der Waals surface area contributed by atoms with Gasteiger partial charge in [-0.3, -0.25) is 0 Å². The van der Waals surface area contributed by atoms with Crippen molar-refractivity contribution in [3.63, 3.8) is 0 Å². The minimum Gasteiger partial charge on any atom is -0.397 e. The Morgan fingerprint density at radius 3 is 1.37 bits per heavy atom. The summed E-state index contributed by atoms with van der Waals surface area (Å²) < 4.78 is 164. The van der Waals surface area contributed by atoms with Crippen LogP contribution in [-0.2, 0) is 24.7 Å². The number of hydrogen-bond donors (Lipinski definition) is 2. The summed E-state index contributed by atoms with van der Waals surface area (Å²) in [6.07, 6.45) is -22.3. The van der Waals surface area contributed by atoms with E-state index in [1.807, 2.05) is 0 Å². The minimum absolute atomic E-state index is 0.153. The lowest BCUT2D eigenvalue weighted by Gasteiger charge is -2.27. The van der Waals surface area contributed by atoms with Crippen molar-refractivity contribution in [3.8, 4) is 11.1 Å². The number of nitrogens with two attached hydrogens (primary N) is 1. The van der Waals surface area contributed by atoms with E-state index in [2.05, 4.69) is 37.2 Å². The van der Waals surface area contributed by atoms with E-state index in [9.17, 15) is 52.7 Å². The predicted molar refractivity (Wildman–Crippen MR) is 121 cm³/mol. The molecule has 0 aliphatic carbocycles. The molecule has 0 unspecified atom stereocenters. The Kier molecular flexibility index (Phi) is 7.75. The van der Waals surface area contributed by atoms with E-state index in [1.165, 1.54) is 30.3 Å². The van der Waals surface area contributed by atoms with Crippen LogP contribution in [-0.4, -0.2) is 0 Å². The molecule has 0 heterocycles. The molecule has 0 saturated carbocycles. The molecule has 2 nitrogen and oxygen atoms in total. The molecule has 38 heavy (non-hydrogen) atoms. The molecular weight excluding hydrogens is 680 g/mol. The van der Waals surface area contributed by atoms with Gasteiger partial charge in [-0.15, -0.1) is 0 Å². The third-order valence-corrected chi connectivity index (χ3v) is 6.76. The fraction of sp³-hybridized carbons (Fsp3) is 0.182. The van der Waals surface area contributed by atoms with Crippen molar-refractivity contribution in [2.45, 2.75) is 24.7 Å². The van der Waals surface area contributed by atoms with Crippen molar-refractivity contribution in [2.75, 3.05) is 11.1 Å². The number of nitrogen functional groups attached to an aromatic ring is 1. The lowest BCUT2D eigenvalue weighted by atomic mass is 9.88. The monoisotopic (exact) mass is 688 g/mol. The lowest BCUT2D eigenvalue weighted by molar-refractivity contribution is -0.145. The zero-order valence-corrected chi connectivity index (χ0v) is 21.1. The summed E-state index contributed by atoms with van der Waals surface area (Å²) in [7, 11) is 0. The smallest absolute Gasteiger partial charge is 0.397 e. The fourth-order valence-electron chi connectivity index (χ4n) is 3.51. The van der Waals surface area contributed by atoms with Crippen LogP contribution in [0.4, 0.5) is 69.7 Å². The van der Waals surface area contributed by atoms with E-state index in [4.69, 9.17) is 5.73 Å². The Morgan fingerprint density at radius 2 is 0.947 bits per heavy atom. The first-order valence-corrected chi connectivity index (χ1v) is 11.3. The van der Waals surface area contributed by atoms with Crippen molar-refractivity contribution in [2.24, 2.45) is 0 Å². The van der Waals surface area contributed by atoms with Gasteiger partial charge in [0.05, 0.1) is 42.6 Å². The maximum absolute atomic E-state index is 14.2. The molecular formula is C22H10Br2F12N2. The van der Waals surface area contributed by atoms with Crippen LogP contribution < -0.4 is 11.1 Å². The summed E-state index contributed by atoms with van der Waals surface area (Å²) in [5.41, 5.74) is -8.68. The van der Waals surface area contributed by atoms with E-state index in [0.717, 1.165) is 0 Å². The number of anilines is 3. The van der Waals surface area contributed by atoms with E-state index >= 15 is 0 Å². The van der Waals surface area contributed by atoms with Crippen LogP contribution in [0.15, 0.2) is 51.4 Å². The van der Waals surface area contributed by atoms with Crippen LogP contribution in [0.1, 0.15) is 22.3 Å². The van der Waals surface area contributed by atoms with Crippen molar-refractivity contribution in [3.05, 3.63) is 73.7 Å². The zero-order chi connectivity index (χ0) is 29.0. The molecule has 0 radical (unpaired) electrons. The average Bonchev–Trinajstić information content (AvgIpc) is 2.74. The molecule has 3 N–H and O–H groups in total. The Hall–Kier alpha value is -2.62. The molecule has 16 heteroatoms. The Morgan fingerprint density at radius 1 is 0.553 bits per heavy atom. The highest BCUT2D eigenvalue weighted by molar-refractivity contribution is 9.11. The van der Waals surface area contributed by atoms with E-state index in [-0.39, 0.29) is 5.69 Å². The Balaban J connectivity index is 2.64. The van der Waals surface area contributed by atoms with E-state index in [1.54, 1.807) is 0 Å². The zero-order valence-electron chi connectivity index (χ0n) is 17.9. The highest BCUT2D eigenvalue weighted by atomic mass is 79.9. The first kappa shape index (κ1) is 29.9. The number of hydrogen-bond acceptors (Lipinski definition) is 2. The minimum atomic E-state index is -5.72. The summed E-state index contributed by atoms with van der Waals surface area (Å²) >= 11 is 4.91. The van der Waals surface area contributed by atoms with Crippen LogP contribution in [0.3, 0.4) is 0 Å². The van der Waals surface area contributed by atoms with Gasteiger partial charge in [0.2, 0.25) is 0 Å². The quantitative estimate of drug-likeness (QED) is 0.212. The third-order valence-electron chi connectivity index (χ3n) is 5.08. The van der Waals surface area contributed by atoms with Gasteiger partial charge in [-0.05, 0) is 56.1 Å². The van der Waals surface area contributed by atoms with Gasteiger partial charge in [-0.2, -0.15) is 52.7 Å². The molecule has 0 bridgehead atoms. The topological polar surface area (TPSA) is 38.0 Å². The molecule has 0 atom stereocenters. The summed E-state index contributed by atoms with van der Waals surface area (Å²) in [6, 6.07) is 5.52. The summed E-state index contributed by atoms with van der Waals surface area (Å²) in [5, 5.41) is 2.23. The average molecular weight is 690 g/mol. The number of benzene rings is 3. The first-order valence-electron chi connectivity index (χ1n) is 9.75. The Bertz CT molecular complexity index is 1360. The molecule has 206 valence electrons. The molecule has 0 amide bonds. The summed E-state index contributed by atoms with van der Waals surface area (Å²) in [5.74, 6) is 0. The van der Waals surface area contributed by atoms with Crippen molar-refractivity contribution >= 4 is 48.9 Å². The molecule has 3 aromatic rings. The first-order chi connectivity index (χ1) is 17.2. The molecule has 0 fully saturated rings. The second-order valence-electron chi connectivity index (χ2n) is 7.59. The van der Waals surface area contributed by atoms with Crippen LogP contribution >= 0.6 is 31.9 Å².